The number of hydrogen-bond acceptors (Lipinski definition) is 4. The van der Waals surface area contributed by atoms with E-state index in [0.717, 1.165) is 4.90 Å². The Balaban J connectivity index is 2.34. The monoisotopic (exact) mass is 244 g/mol. The minimum atomic E-state index is -1.07. The molecule has 1 atom stereocenters. The van der Waals surface area contributed by atoms with E-state index >= 15 is 0 Å². The van der Waals surface area contributed by atoms with Crippen LogP contribution in [0.5, 0.6) is 0 Å². The summed E-state index contributed by atoms with van der Waals surface area (Å²) >= 11 is 0. The lowest BCUT2D eigenvalue weighted by Gasteiger charge is -2.37. The number of carboxylic acid groups (broad SMARTS) is 1. The van der Waals surface area contributed by atoms with Crippen molar-refractivity contribution >= 4 is 18.0 Å². The normalized spacial score (nSPS) is 19.6. The number of rotatable bonds is 3. The largest absolute Gasteiger partial charge is 0.480 e. The van der Waals surface area contributed by atoms with Crippen molar-refractivity contribution in [1.82, 2.24) is 10.2 Å². The zero-order valence-corrected chi connectivity index (χ0v) is 10.0. The van der Waals surface area contributed by atoms with Crippen LogP contribution >= 0.6 is 0 Å². The first-order valence-electron chi connectivity index (χ1n) is 5.19. The second-order valence-electron chi connectivity index (χ2n) is 4.81. The molecule has 0 spiro atoms. The predicted octanol–water partition coefficient (Wildman–Crippen LogP) is -0.194. The van der Waals surface area contributed by atoms with Crippen molar-refractivity contribution in [1.29, 1.82) is 0 Å². The summed E-state index contributed by atoms with van der Waals surface area (Å²) in [6.45, 7) is 5.00. The molecule has 0 aromatic heterocycles. The first-order valence-corrected chi connectivity index (χ1v) is 5.19. The summed E-state index contributed by atoms with van der Waals surface area (Å²) in [5.41, 5.74) is -0.627. The highest BCUT2D eigenvalue weighted by atomic mass is 16.6. The molecule has 1 fully saturated rings. The molecule has 96 valence electrons. The van der Waals surface area contributed by atoms with Crippen LogP contribution in [0.3, 0.4) is 0 Å². The Morgan fingerprint density at radius 3 is 2.53 bits per heavy atom. The molecule has 7 heteroatoms. The van der Waals surface area contributed by atoms with Gasteiger partial charge in [-0.05, 0) is 20.8 Å². The van der Waals surface area contributed by atoms with Gasteiger partial charge in [0.05, 0.1) is 6.54 Å². The maximum atomic E-state index is 11.4. The Morgan fingerprint density at radius 2 is 2.12 bits per heavy atom. The van der Waals surface area contributed by atoms with Gasteiger partial charge in [-0.3, -0.25) is 9.59 Å². The molecule has 7 nitrogen and oxygen atoms in total. The molecule has 2 amide bonds. The van der Waals surface area contributed by atoms with Crippen LogP contribution in [0.25, 0.3) is 0 Å². The maximum absolute atomic E-state index is 11.4. The molecule has 1 aliphatic rings. The Hall–Kier alpha value is -1.79. The van der Waals surface area contributed by atoms with Gasteiger partial charge in [0.25, 0.3) is 0 Å². The summed E-state index contributed by atoms with van der Waals surface area (Å²) in [6.07, 6.45) is -0.675. The Kier molecular flexibility index (Phi) is 3.59. The van der Waals surface area contributed by atoms with Crippen molar-refractivity contribution in [3.8, 4) is 0 Å². The summed E-state index contributed by atoms with van der Waals surface area (Å²) in [5, 5.41) is 10.9. The van der Waals surface area contributed by atoms with Crippen LogP contribution in [0.2, 0.25) is 0 Å². The number of ether oxygens (including phenoxy) is 1. The number of likely N-dealkylation sites (tertiary alicyclic amines) is 1. The zero-order chi connectivity index (χ0) is 13.2. The quantitative estimate of drug-likeness (QED) is 0.670. The van der Waals surface area contributed by atoms with Gasteiger partial charge in [-0.1, -0.05) is 0 Å². The highest BCUT2D eigenvalue weighted by Gasteiger charge is 2.39. The minimum Gasteiger partial charge on any atom is -0.480 e. The number of β-lactam (4-membered cyclic amide) rings is 1. The first kappa shape index (κ1) is 13.3. The fourth-order valence-electron chi connectivity index (χ4n) is 1.36. The van der Waals surface area contributed by atoms with Crippen LogP contribution in [0.1, 0.15) is 20.8 Å². The van der Waals surface area contributed by atoms with Crippen molar-refractivity contribution in [3.63, 3.8) is 0 Å². The van der Waals surface area contributed by atoms with E-state index in [1.54, 1.807) is 20.8 Å². The molecule has 0 aliphatic carbocycles. The van der Waals surface area contributed by atoms with E-state index < -0.39 is 29.6 Å². The average molecular weight is 244 g/mol. The van der Waals surface area contributed by atoms with Crippen LogP contribution in [0.15, 0.2) is 0 Å². The number of carbonyl (C=O) groups is 3. The van der Waals surface area contributed by atoms with Gasteiger partial charge >= 0.3 is 12.1 Å². The molecule has 1 unspecified atom stereocenters. The predicted molar refractivity (Wildman–Crippen MR) is 57.4 cm³/mol. The standard InChI is InChI=1S/C10H16N2O5/c1-10(2,3)17-9(16)11-6-4-12(8(6)15)5-7(13)14/h6H,4-5H2,1-3H3,(H,11,16)(H,13,14). The number of alkyl carbamates (subject to hydrolysis) is 1. The minimum absolute atomic E-state index is 0.199. The van der Waals surface area contributed by atoms with E-state index in [4.69, 9.17) is 9.84 Å². The summed E-state index contributed by atoms with van der Waals surface area (Å²) in [5.74, 6) is -1.48. The van der Waals surface area contributed by atoms with E-state index in [0.29, 0.717) is 0 Å². The first-order chi connectivity index (χ1) is 7.69. The molecule has 1 rings (SSSR count). The zero-order valence-electron chi connectivity index (χ0n) is 10.0. The maximum Gasteiger partial charge on any atom is 0.408 e. The van der Waals surface area contributed by atoms with Crippen molar-refractivity contribution < 1.29 is 24.2 Å². The summed E-state index contributed by atoms with van der Waals surface area (Å²) in [4.78, 5) is 34.2. The lowest BCUT2D eigenvalue weighted by atomic mass is 10.1. The van der Waals surface area contributed by atoms with Crippen molar-refractivity contribution in [2.24, 2.45) is 0 Å². The number of hydrogen-bond donors (Lipinski definition) is 2. The van der Waals surface area contributed by atoms with Crippen molar-refractivity contribution in [2.75, 3.05) is 13.1 Å². The molecular formula is C10H16N2O5. The summed E-state index contributed by atoms with van der Waals surface area (Å²) in [7, 11) is 0. The molecule has 1 heterocycles. The van der Waals surface area contributed by atoms with Crippen LogP contribution in [0.4, 0.5) is 4.79 Å². The molecule has 1 saturated heterocycles. The molecule has 0 bridgehead atoms. The number of amides is 2. The van der Waals surface area contributed by atoms with Crippen LogP contribution in [-0.2, 0) is 14.3 Å². The number of nitrogens with one attached hydrogen (secondary N) is 1. The van der Waals surface area contributed by atoms with Gasteiger partial charge in [0.2, 0.25) is 5.91 Å². The number of aliphatic carboxylic acids is 1. The molecule has 17 heavy (non-hydrogen) atoms. The number of nitrogens with zero attached hydrogens (tertiary/aromatic N) is 1. The van der Waals surface area contributed by atoms with Crippen LogP contribution in [-0.4, -0.2) is 52.7 Å². The number of carboxylic acids is 1. The van der Waals surface area contributed by atoms with E-state index in [1.807, 2.05) is 0 Å². The fourth-order valence-corrected chi connectivity index (χ4v) is 1.36. The van der Waals surface area contributed by atoms with Gasteiger partial charge in [0, 0.05) is 0 Å². The van der Waals surface area contributed by atoms with E-state index in [9.17, 15) is 14.4 Å². The average Bonchev–Trinajstić information content (AvgIpc) is 2.12. The van der Waals surface area contributed by atoms with E-state index in [-0.39, 0.29) is 13.1 Å². The third-order valence-corrected chi connectivity index (χ3v) is 2.03. The second kappa shape index (κ2) is 4.60. The molecule has 2 N–H and O–H groups in total. The molecule has 0 radical (unpaired) electrons. The second-order valence-corrected chi connectivity index (χ2v) is 4.81. The van der Waals surface area contributed by atoms with Gasteiger partial charge in [0.1, 0.15) is 18.2 Å². The van der Waals surface area contributed by atoms with Crippen molar-refractivity contribution in [3.05, 3.63) is 0 Å². The van der Waals surface area contributed by atoms with Crippen molar-refractivity contribution in [2.45, 2.75) is 32.4 Å². The fraction of sp³-hybridized carbons (Fsp3) is 0.700. The Morgan fingerprint density at radius 1 is 1.53 bits per heavy atom. The highest BCUT2D eigenvalue weighted by Crippen LogP contribution is 2.11. The third kappa shape index (κ3) is 3.93. The molecule has 0 saturated carbocycles. The van der Waals surface area contributed by atoms with Gasteiger partial charge < -0.3 is 20.1 Å². The highest BCUT2D eigenvalue weighted by molar-refractivity contribution is 5.93. The third-order valence-electron chi connectivity index (χ3n) is 2.03. The lowest BCUT2D eigenvalue weighted by molar-refractivity contribution is -0.152. The SMILES string of the molecule is CC(C)(C)OC(=O)NC1CN(CC(=O)O)C1=O. The Bertz CT molecular complexity index is 347. The molecule has 1 aliphatic heterocycles. The van der Waals surface area contributed by atoms with Crippen LogP contribution < -0.4 is 5.32 Å². The van der Waals surface area contributed by atoms with Gasteiger partial charge in [-0.2, -0.15) is 0 Å². The molecule has 0 aromatic rings. The molecular weight excluding hydrogens is 228 g/mol. The van der Waals surface area contributed by atoms with Gasteiger partial charge in [-0.25, -0.2) is 4.79 Å². The van der Waals surface area contributed by atoms with Crippen LogP contribution in [0, 0.1) is 0 Å². The summed E-state index contributed by atoms with van der Waals surface area (Å²) < 4.78 is 4.97. The van der Waals surface area contributed by atoms with E-state index in [2.05, 4.69) is 5.32 Å². The summed E-state index contributed by atoms with van der Waals surface area (Å²) in [6, 6.07) is -0.677. The Labute approximate surface area is 98.7 Å². The number of carbonyl (C=O) groups excluding carboxylic acids is 2. The van der Waals surface area contributed by atoms with E-state index in [1.165, 1.54) is 0 Å². The van der Waals surface area contributed by atoms with Gasteiger partial charge in [0.15, 0.2) is 0 Å². The smallest absolute Gasteiger partial charge is 0.408 e. The van der Waals surface area contributed by atoms with Gasteiger partial charge in [-0.15, -0.1) is 0 Å². The lowest BCUT2D eigenvalue weighted by Crippen LogP contribution is -2.64. The topological polar surface area (TPSA) is 95.9 Å². The molecule has 0 aromatic carbocycles.